The monoisotopic (exact) mass is 293 g/mol. The van der Waals surface area contributed by atoms with Crippen LogP contribution in [-0.2, 0) is 21.2 Å². The van der Waals surface area contributed by atoms with Gasteiger partial charge in [0.2, 0.25) is 0 Å². The van der Waals surface area contributed by atoms with E-state index in [0.717, 1.165) is 10.5 Å². The molecular formula is C12H11N3O4S. The Hall–Kier alpha value is -2.35. The van der Waals surface area contributed by atoms with E-state index < -0.39 is 22.0 Å². The van der Waals surface area contributed by atoms with Crippen molar-refractivity contribution in [2.75, 3.05) is 4.31 Å². The Morgan fingerprint density at radius 1 is 1.40 bits per heavy atom. The summed E-state index contributed by atoms with van der Waals surface area (Å²) in [5.41, 5.74) is 1.09. The van der Waals surface area contributed by atoms with Gasteiger partial charge in [0, 0.05) is 6.42 Å². The number of H-pyrrole nitrogens is 1. The largest absolute Gasteiger partial charge is 0.480 e. The Balaban J connectivity index is 2.17. The van der Waals surface area contributed by atoms with Crippen molar-refractivity contribution in [1.82, 2.24) is 9.97 Å². The van der Waals surface area contributed by atoms with Gasteiger partial charge >= 0.3 is 5.97 Å². The maximum Gasteiger partial charge on any atom is 0.327 e. The Kier molecular flexibility index (Phi) is 2.75. The zero-order chi connectivity index (χ0) is 14.3. The molecule has 8 heteroatoms. The summed E-state index contributed by atoms with van der Waals surface area (Å²) in [5, 5.41) is 9.16. The number of carbonyl (C=O) groups is 1. The zero-order valence-corrected chi connectivity index (χ0v) is 11.0. The topological polar surface area (TPSA) is 103 Å². The van der Waals surface area contributed by atoms with Crippen molar-refractivity contribution in [3.05, 3.63) is 42.4 Å². The molecule has 7 nitrogen and oxygen atoms in total. The van der Waals surface area contributed by atoms with E-state index in [0.29, 0.717) is 11.3 Å². The first kappa shape index (κ1) is 12.7. The van der Waals surface area contributed by atoms with Crippen LogP contribution in [0.1, 0.15) is 5.56 Å². The van der Waals surface area contributed by atoms with Crippen LogP contribution in [0, 0.1) is 0 Å². The van der Waals surface area contributed by atoms with E-state index in [1.165, 1.54) is 6.33 Å². The summed E-state index contributed by atoms with van der Waals surface area (Å²) in [4.78, 5) is 17.6. The molecule has 3 rings (SSSR count). The van der Waals surface area contributed by atoms with Gasteiger partial charge in [-0.15, -0.1) is 0 Å². The fourth-order valence-corrected chi connectivity index (χ4v) is 3.88. The average Bonchev–Trinajstić information content (AvgIpc) is 3.06. The van der Waals surface area contributed by atoms with Crippen LogP contribution in [0.5, 0.6) is 0 Å². The fourth-order valence-electron chi connectivity index (χ4n) is 2.33. The van der Waals surface area contributed by atoms with E-state index in [1.54, 1.807) is 24.3 Å². The molecule has 2 aromatic rings. The number of sulfonamides is 1. The summed E-state index contributed by atoms with van der Waals surface area (Å²) in [7, 11) is -3.97. The van der Waals surface area contributed by atoms with Gasteiger partial charge in [-0.1, -0.05) is 18.2 Å². The number of nitrogens with zero attached hydrogens (tertiary/aromatic N) is 2. The van der Waals surface area contributed by atoms with Crippen LogP contribution < -0.4 is 4.31 Å². The number of fused-ring (bicyclic) bond motifs is 1. The third-order valence-corrected chi connectivity index (χ3v) is 4.97. The number of benzene rings is 1. The number of anilines is 1. The number of aromatic amines is 1. The van der Waals surface area contributed by atoms with Gasteiger partial charge in [-0.2, -0.15) is 8.42 Å². The molecule has 1 aromatic carbocycles. The molecule has 0 fully saturated rings. The van der Waals surface area contributed by atoms with E-state index >= 15 is 0 Å². The van der Waals surface area contributed by atoms with Gasteiger partial charge in [-0.05, 0) is 11.6 Å². The quantitative estimate of drug-likeness (QED) is 0.863. The Morgan fingerprint density at radius 2 is 2.15 bits per heavy atom. The normalized spacial score (nSPS) is 18.0. The predicted molar refractivity (Wildman–Crippen MR) is 69.8 cm³/mol. The molecule has 0 aliphatic carbocycles. The van der Waals surface area contributed by atoms with E-state index in [4.69, 9.17) is 0 Å². The summed E-state index contributed by atoms with van der Waals surface area (Å²) < 4.78 is 26.1. The number of aliphatic carboxylic acids is 1. The Bertz CT molecular complexity index is 755. The first-order valence-electron chi connectivity index (χ1n) is 5.85. The summed E-state index contributed by atoms with van der Waals surface area (Å²) in [6, 6.07) is 5.63. The maximum atomic E-state index is 12.6. The number of carboxylic acid groups (broad SMARTS) is 1. The standard InChI is InChI=1S/C12H11N3O4S/c16-12(17)10-5-8-3-1-2-4-9(8)15(10)20(18,19)11-6-13-7-14-11/h1-4,6-7,10H,5H2,(H,13,14)(H,16,17)/t10-/m1/s1. The molecule has 2 heterocycles. The second-order valence-electron chi connectivity index (χ2n) is 4.40. The van der Waals surface area contributed by atoms with Crippen molar-refractivity contribution in [3.63, 3.8) is 0 Å². The predicted octanol–water partition coefficient (Wildman–Crippen LogP) is 0.614. The first-order valence-corrected chi connectivity index (χ1v) is 7.29. The van der Waals surface area contributed by atoms with E-state index in [-0.39, 0.29) is 11.4 Å². The third kappa shape index (κ3) is 1.76. The molecule has 0 unspecified atom stereocenters. The van der Waals surface area contributed by atoms with Crippen LogP contribution in [0.25, 0.3) is 0 Å². The molecule has 20 heavy (non-hydrogen) atoms. The molecule has 0 spiro atoms. The van der Waals surface area contributed by atoms with Crippen LogP contribution >= 0.6 is 0 Å². The van der Waals surface area contributed by atoms with Gasteiger partial charge in [0.1, 0.15) is 6.04 Å². The van der Waals surface area contributed by atoms with Gasteiger partial charge in [-0.3, -0.25) is 4.31 Å². The van der Waals surface area contributed by atoms with Crippen LogP contribution in [0.15, 0.2) is 41.8 Å². The van der Waals surface area contributed by atoms with Gasteiger partial charge in [0.05, 0.1) is 18.2 Å². The summed E-state index contributed by atoms with van der Waals surface area (Å²) in [6.45, 7) is 0. The minimum atomic E-state index is -3.97. The second kappa shape index (κ2) is 4.34. The molecule has 0 amide bonds. The average molecular weight is 293 g/mol. The number of para-hydroxylation sites is 1. The molecule has 0 bridgehead atoms. The molecule has 0 saturated heterocycles. The molecule has 1 aromatic heterocycles. The molecule has 104 valence electrons. The molecule has 0 radical (unpaired) electrons. The van der Waals surface area contributed by atoms with Crippen molar-refractivity contribution in [2.24, 2.45) is 0 Å². The van der Waals surface area contributed by atoms with E-state index in [9.17, 15) is 18.3 Å². The number of carboxylic acids is 1. The van der Waals surface area contributed by atoms with Gasteiger partial charge in [0.25, 0.3) is 10.0 Å². The Labute approximate surface area is 114 Å². The number of nitrogens with one attached hydrogen (secondary N) is 1. The molecule has 0 saturated carbocycles. The van der Waals surface area contributed by atoms with E-state index in [1.807, 2.05) is 0 Å². The number of aromatic nitrogens is 2. The highest BCUT2D eigenvalue weighted by molar-refractivity contribution is 7.92. The number of hydrogen-bond acceptors (Lipinski definition) is 4. The number of imidazole rings is 1. The lowest BCUT2D eigenvalue weighted by Gasteiger charge is -2.23. The van der Waals surface area contributed by atoms with Gasteiger partial charge in [-0.25, -0.2) is 9.78 Å². The summed E-state index contributed by atoms with van der Waals surface area (Å²) >= 11 is 0. The van der Waals surface area contributed by atoms with E-state index in [2.05, 4.69) is 9.97 Å². The van der Waals surface area contributed by atoms with Crippen molar-refractivity contribution in [2.45, 2.75) is 17.5 Å². The lowest BCUT2D eigenvalue weighted by atomic mass is 10.1. The van der Waals surface area contributed by atoms with Crippen molar-refractivity contribution >= 4 is 21.7 Å². The maximum absolute atomic E-state index is 12.6. The minimum absolute atomic E-state index is 0.125. The molecular weight excluding hydrogens is 282 g/mol. The highest BCUT2D eigenvalue weighted by atomic mass is 32.2. The minimum Gasteiger partial charge on any atom is -0.480 e. The highest BCUT2D eigenvalue weighted by Gasteiger charge is 2.42. The number of hydrogen-bond donors (Lipinski definition) is 2. The Morgan fingerprint density at radius 3 is 2.80 bits per heavy atom. The van der Waals surface area contributed by atoms with Gasteiger partial charge < -0.3 is 10.1 Å². The molecule has 1 aliphatic rings. The van der Waals surface area contributed by atoms with Crippen molar-refractivity contribution < 1.29 is 18.3 Å². The SMILES string of the molecule is O=C(O)[C@H]1Cc2ccccc2N1S(=O)(=O)c1cnc[nH]1. The zero-order valence-electron chi connectivity index (χ0n) is 10.2. The fraction of sp³-hybridized carbons (Fsp3) is 0.167. The van der Waals surface area contributed by atoms with Gasteiger partial charge in [0.15, 0.2) is 5.03 Å². The van der Waals surface area contributed by atoms with Crippen molar-refractivity contribution in [1.29, 1.82) is 0 Å². The van der Waals surface area contributed by atoms with Crippen LogP contribution in [0.3, 0.4) is 0 Å². The third-order valence-electron chi connectivity index (χ3n) is 3.22. The highest BCUT2D eigenvalue weighted by Crippen LogP contribution is 2.36. The summed E-state index contributed by atoms with van der Waals surface area (Å²) in [5.74, 6) is -1.18. The second-order valence-corrected chi connectivity index (χ2v) is 6.19. The lowest BCUT2D eigenvalue weighted by Crippen LogP contribution is -2.42. The van der Waals surface area contributed by atoms with Crippen LogP contribution in [0.2, 0.25) is 0 Å². The molecule has 1 atom stereocenters. The smallest absolute Gasteiger partial charge is 0.327 e. The lowest BCUT2D eigenvalue weighted by molar-refractivity contribution is -0.138. The van der Waals surface area contributed by atoms with Crippen LogP contribution in [-0.4, -0.2) is 35.5 Å². The van der Waals surface area contributed by atoms with Crippen LogP contribution in [0.4, 0.5) is 5.69 Å². The first-order chi connectivity index (χ1) is 9.51. The number of rotatable bonds is 3. The molecule has 1 aliphatic heterocycles. The van der Waals surface area contributed by atoms with Crippen molar-refractivity contribution in [3.8, 4) is 0 Å². The summed E-state index contributed by atoms with van der Waals surface area (Å²) in [6.07, 6.45) is 2.55. The molecule has 2 N–H and O–H groups in total.